The third-order valence-corrected chi connectivity index (χ3v) is 6.05. The number of nitriles is 3. The first-order valence-electron chi connectivity index (χ1n) is 9.88. The molecule has 0 bridgehead atoms. The summed E-state index contributed by atoms with van der Waals surface area (Å²) >= 11 is 0. The summed E-state index contributed by atoms with van der Waals surface area (Å²) in [6.45, 7) is 4.36. The van der Waals surface area contributed by atoms with Gasteiger partial charge < -0.3 is 15.2 Å². The first kappa shape index (κ1) is 21.2. The van der Waals surface area contributed by atoms with Crippen LogP contribution in [0.3, 0.4) is 0 Å². The number of nitrogens with two attached hydrogens (primary N) is 1. The quantitative estimate of drug-likeness (QED) is 0.803. The molecule has 0 saturated carbocycles. The van der Waals surface area contributed by atoms with Gasteiger partial charge in [0, 0.05) is 24.9 Å². The standard InChI is InChI=1S/C23H25N5O2/c1-4-8-28-9-7-16-17(11-24)22(27)23(13-25,14-26)21(18(16)12-28)15-5-6-19(29-2)20(10-15)30-3/h5-7,10,18,21H,4,8-9,12,27H2,1-3H3. The van der Waals surface area contributed by atoms with E-state index in [9.17, 15) is 15.8 Å². The molecule has 154 valence electrons. The molecule has 1 heterocycles. The lowest BCUT2D eigenvalue weighted by molar-refractivity contribution is 0.207. The number of methoxy groups -OCH3 is 2. The van der Waals surface area contributed by atoms with Gasteiger partial charge in [0.05, 0.1) is 37.6 Å². The van der Waals surface area contributed by atoms with Crippen LogP contribution < -0.4 is 15.2 Å². The third kappa shape index (κ3) is 3.16. The van der Waals surface area contributed by atoms with Crippen molar-refractivity contribution in [2.45, 2.75) is 19.3 Å². The second-order valence-corrected chi connectivity index (χ2v) is 7.55. The van der Waals surface area contributed by atoms with E-state index in [2.05, 4.69) is 30.0 Å². The van der Waals surface area contributed by atoms with E-state index in [1.165, 1.54) is 0 Å². The van der Waals surface area contributed by atoms with Crippen LogP contribution in [0.4, 0.5) is 0 Å². The van der Waals surface area contributed by atoms with Crippen molar-refractivity contribution in [3.63, 3.8) is 0 Å². The van der Waals surface area contributed by atoms with Crippen LogP contribution in [0.1, 0.15) is 24.8 Å². The molecule has 30 heavy (non-hydrogen) atoms. The molecule has 1 aliphatic heterocycles. The zero-order valence-corrected chi connectivity index (χ0v) is 17.5. The second-order valence-electron chi connectivity index (χ2n) is 7.55. The molecule has 3 rings (SSSR count). The number of nitrogens with zero attached hydrogens (tertiary/aromatic N) is 4. The molecular formula is C23H25N5O2. The zero-order valence-electron chi connectivity index (χ0n) is 17.5. The SMILES string of the molecule is CCCN1CC=C2C(C#N)=C(N)C(C#N)(C#N)C(c3ccc(OC)c(OC)c3)C2C1. The topological polar surface area (TPSA) is 119 Å². The van der Waals surface area contributed by atoms with E-state index in [4.69, 9.17) is 15.2 Å². The smallest absolute Gasteiger partial charge is 0.191 e. The van der Waals surface area contributed by atoms with Gasteiger partial charge in [0.25, 0.3) is 0 Å². The van der Waals surface area contributed by atoms with E-state index < -0.39 is 11.3 Å². The van der Waals surface area contributed by atoms with Crippen molar-refractivity contribution in [3.8, 4) is 29.7 Å². The van der Waals surface area contributed by atoms with Gasteiger partial charge in [0.2, 0.25) is 0 Å². The predicted molar refractivity (Wildman–Crippen MR) is 111 cm³/mol. The van der Waals surface area contributed by atoms with Gasteiger partial charge in [-0.15, -0.1) is 0 Å². The summed E-state index contributed by atoms with van der Waals surface area (Å²) in [5.74, 6) is 0.310. The Hall–Kier alpha value is -3.47. The summed E-state index contributed by atoms with van der Waals surface area (Å²) in [6.07, 6.45) is 3.00. The first-order valence-corrected chi connectivity index (χ1v) is 9.88. The summed E-state index contributed by atoms with van der Waals surface area (Å²) in [4.78, 5) is 2.28. The van der Waals surface area contributed by atoms with Gasteiger partial charge in [-0.05, 0) is 36.2 Å². The molecule has 7 heteroatoms. The Bertz CT molecular complexity index is 1010. The molecule has 1 aromatic carbocycles. The van der Waals surface area contributed by atoms with Crippen LogP contribution in [0, 0.1) is 45.3 Å². The van der Waals surface area contributed by atoms with Gasteiger partial charge in [-0.3, -0.25) is 4.90 Å². The van der Waals surface area contributed by atoms with Crippen LogP contribution in [0.5, 0.6) is 11.5 Å². The third-order valence-electron chi connectivity index (χ3n) is 6.05. The van der Waals surface area contributed by atoms with Crippen molar-refractivity contribution in [1.82, 2.24) is 4.90 Å². The van der Waals surface area contributed by atoms with Gasteiger partial charge in [-0.25, -0.2) is 0 Å². The van der Waals surface area contributed by atoms with E-state index in [1.54, 1.807) is 26.4 Å². The van der Waals surface area contributed by atoms with Gasteiger partial charge in [0.15, 0.2) is 16.9 Å². The Labute approximate surface area is 177 Å². The second kappa shape index (κ2) is 8.49. The van der Waals surface area contributed by atoms with Crippen molar-refractivity contribution in [2.75, 3.05) is 33.9 Å². The van der Waals surface area contributed by atoms with E-state index in [-0.39, 0.29) is 17.2 Å². The summed E-state index contributed by atoms with van der Waals surface area (Å²) in [5, 5.41) is 30.1. The Morgan fingerprint density at radius 3 is 2.43 bits per heavy atom. The molecule has 0 spiro atoms. The minimum Gasteiger partial charge on any atom is -0.493 e. The number of allylic oxidation sites excluding steroid dienone is 2. The zero-order chi connectivity index (χ0) is 21.9. The van der Waals surface area contributed by atoms with Crippen LogP contribution in [-0.2, 0) is 0 Å². The number of hydrogen-bond acceptors (Lipinski definition) is 7. The average molecular weight is 403 g/mol. The normalized spacial score (nSPS) is 22.7. The van der Waals surface area contributed by atoms with E-state index in [0.29, 0.717) is 24.6 Å². The molecule has 0 fully saturated rings. The highest BCUT2D eigenvalue weighted by Gasteiger charge is 2.54. The van der Waals surface area contributed by atoms with E-state index in [0.717, 1.165) is 24.1 Å². The first-order chi connectivity index (χ1) is 14.5. The molecule has 7 nitrogen and oxygen atoms in total. The predicted octanol–water partition coefficient (Wildman–Crippen LogP) is 2.84. The van der Waals surface area contributed by atoms with Crippen LogP contribution in [0.2, 0.25) is 0 Å². The number of benzene rings is 1. The molecule has 2 N–H and O–H groups in total. The molecule has 2 unspecified atom stereocenters. The Morgan fingerprint density at radius 1 is 1.17 bits per heavy atom. The van der Waals surface area contributed by atoms with Crippen molar-refractivity contribution < 1.29 is 9.47 Å². The molecule has 0 saturated heterocycles. The van der Waals surface area contributed by atoms with Crippen LogP contribution >= 0.6 is 0 Å². The monoisotopic (exact) mass is 403 g/mol. The highest BCUT2D eigenvalue weighted by atomic mass is 16.5. The maximum atomic E-state index is 10.2. The highest BCUT2D eigenvalue weighted by molar-refractivity contribution is 5.60. The van der Waals surface area contributed by atoms with E-state index in [1.807, 2.05) is 12.1 Å². The molecule has 0 amide bonds. The minimum absolute atomic E-state index is 0.0289. The van der Waals surface area contributed by atoms with Gasteiger partial charge in [-0.2, -0.15) is 15.8 Å². The van der Waals surface area contributed by atoms with E-state index >= 15 is 0 Å². The fourth-order valence-corrected chi connectivity index (χ4v) is 4.66. The van der Waals surface area contributed by atoms with Crippen molar-refractivity contribution in [1.29, 1.82) is 15.8 Å². The fraction of sp³-hybridized carbons (Fsp3) is 0.435. The molecule has 2 atom stereocenters. The number of rotatable bonds is 5. The highest BCUT2D eigenvalue weighted by Crippen LogP contribution is 2.54. The van der Waals surface area contributed by atoms with Gasteiger partial charge >= 0.3 is 0 Å². The summed E-state index contributed by atoms with van der Waals surface area (Å²) in [7, 11) is 3.10. The largest absolute Gasteiger partial charge is 0.493 e. The Morgan fingerprint density at radius 2 is 1.87 bits per heavy atom. The van der Waals surface area contributed by atoms with Gasteiger partial charge in [0.1, 0.15) is 6.07 Å². The molecule has 0 radical (unpaired) electrons. The maximum Gasteiger partial charge on any atom is 0.191 e. The van der Waals surface area contributed by atoms with Crippen LogP contribution in [0.15, 0.2) is 41.1 Å². The Kier molecular flexibility index (Phi) is 6.01. The summed E-state index contributed by atoms with van der Waals surface area (Å²) in [5.41, 5.74) is 6.56. The van der Waals surface area contributed by atoms with Crippen molar-refractivity contribution >= 4 is 0 Å². The van der Waals surface area contributed by atoms with Gasteiger partial charge in [-0.1, -0.05) is 19.1 Å². The average Bonchev–Trinajstić information content (AvgIpc) is 2.78. The number of ether oxygens (including phenoxy) is 2. The molecule has 2 aliphatic rings. The molecule has 1 aromatic rings. The molecule has 1 aliphatic carbocycles. The number of fused-ring (bicyclic) bond motifs is 1. The lowest BCUT2D eigenvalue weighted by Gasteiger charge is -2.45. The van der Waals surface area contributed by atoms with Crippen molar-refractivity contribution in [3.05, 3.63) is 46.7 Å². The lowest BCUT2D eigenvalue weighted by Crippen LogP contribution is -2.48. The van der Waals surface area contributed by atoms with Crippen LogP contribution in [0.25, 0.3) is 0 Å². The Balaban J connectivity index is 2.27. The van der Waals surface area contributed by atoms with Crippen LogP contribution in [-0.4, -0.2) is 38.8 Å². The summed E-state index contributed by atoms with van der Waals surface area (Å²) in [6, 6.07) is 11.9. The lowest BCUT2D eigenvalue weighted by atomic mass is 9.58. The molecule has 0 aromatic heterocycles. The maximum absolute atomic E-state index is 10.2. The van der Waals surface area contributed by atoms with Crippen molar-refractivity contribution in [2.24, 2.45) is 17.1 Å². The minimum atomic E-state index is -1.65. The number of hydrogen-bond donors (Lipinski definition) is 1. The summed E-state index contributed by atoms with van der Waals surface area (Å²) < 4.78 is 10.8. The fourth-order valence-electron chi connectivity index (χ4n) is 4.66. The molecular weight excluding hydrogens is 378 g/mol.